The van der Waals surface area contributed by atoms with Gasteiger partial charge in [0.2, 0.25) is 11.7 Å². The van der Waals surface area contributed by atoms with Crippen LogP contribution in [0, 0.1) is 15.9 Å². The first kappa shape index (κ1) is 23.5. The lowest BCUT2D eigenvalue weighted by Crippen LogP contribution is -2.09. The number of anilines is 1. The molecule has 0 saturated carbocycles. The predicted molar refractivity (Wildman–Crippen MR) is 130 cm³/mol. The zero-order chi connectivity index (χ0) is 25.1. The van der Waals surface area contributed by atoms with Gasteiger partial charge in [0.15, 0.2) is 0 Å². The first-order valence-electron chi connectivity index (χ1n) is 10.5. The van der Waals surface area contributed by atoms with Crippen molar-refractivity contribution in [2.75, 3.05) is 19.5 Å². The number of benzene rings is 3. The van der Waals surface area contributed by atoms with E-state index < -0.39 is 22.3 Å². The second-order valence-corrected chi connectivity index (χ2v) is 7.67. The van der Waals surface area contributed by atoms with Gasteiger partial charge in [-0.25, -0.2) is 0 Å². The van der Waals surface area contributed by atoms with Gasteiger partial charge >= 0.3 is 5.69 Å². The van der Waals surface area contributed by atoms with E-state index in [0.717, 1.165) is 34.4 Å². The van der Waals surface area contributed by atoms with E-state index >= 15 is 0 Å². The van der Waals surface area contributed by atoms with Gasteiger partial charge in [-0.05, 0) is 48.4 Å². The van der Waals surface area contributed by atoms with E-state index in [2.05, 4.69) is 5.32 Å². The summed E-state index contributed by atoms with van der Waals surface area (Å²) >= 11 is 0. The number of methoxy groups -OCH3 is 2. The molecule has 0 bridgehead atoms. The molecule has 1 amide bonds. The van der Waals surface area contributed by atoms with Crippen LogP contribution in [0.25, 0.3) is 27.7 Å². The summed E-state index contributed by atoms with van der Waals surface area (Å²) in [6.07, 6.45) is 2.99. The third kappa shape index (κ3) is 4.84. The van der Waals surface area contributed by atoms with Crippen molar-refractivity contribution in [3.05, 3.63) is 88.4 Å². The van der Waals surface area contributed by atoms with E-state index in [1.807, 2.05) is 30.3 Å². The molecular formula is C26H21FN2O6. The summed E-state index contributed by atoms with van der Waals surface area (Å²) in [6, 6.07) is 14.3. The van der Waals surface area contributed by atoms with Gasteiger partial charge in [-0.2, -0.15) is 4.39 Å². The van der Waals surface area contributed by atoms with Crippen molar-refractivity contribution in [2.45, 2.75) is 6.92 Å². The van der Waals surface area contributed by atoms with E-state index in [1.165, 1.54) is 19.3 Å². The summed E-state index contributed by atoms with van der Waals surface area (Å²) in [6.45, 7) is 1.74. The van der Waals surface area contributed by atoms with Gasteiger partial charge in [-0.15, -0.1) is 0 Å². The SMILES string of the molecule is COc1ccc(-c2coc3cc(OC)c(/C(C)=C/C(=O)Nc4ccc(F)c([N+](=O)[O-])c4)cc23)cc1. The zero-order valence-corrected chi connectivity index (χ0v) is 19.1. The Morgan fingerprint density at radius 1 is 1.09 bits per heavy atom. The molecule has 0 radical (unpaired) electrons. The van der Waals surface area contributed by atoms with Gasteiger partial charge in [0.1, 0.15) is 17.1 Å². The molecule has 1 heterocycles. The predicted octanol–water partition coefficient (Wildman–Crippen LogP) is 6.21. The summed E-state index contributed by atoms with van der Waals surface area (Å²) < 4.78 is 30.0. The summed E-state index contributed by atoms with van der Waals surface area (Å²) in [7, 11) is 3.12. The summed E-state index contributed by atoms with van der Waals surface area (Å²) in [4.78, 5) is 22.7. The second kappa shape index (κ2) is 9.68. The number of nitrogens with one attached hydrogen (secondary N) is 1. The summed E-state index contributed by atoms with van der Waals surface area (Å²) in [5.41, 5.74) is 3.04. The maximum atomic E-state index is 13.6. The number of nitro groups is 1. The second-order valence-electron chi connectivity index (χ2n) is 7.67. The van der Waals surface area contributed by atoms with E-state index in [-0.39, 0.29) is 5.69 Å². The molecular weight excluding hydrogens is 455 g/mol. The Labute approximate surface area is 199 Å². The largest absolute Gasteiger partial charge is 0.497 e. The number of rotatable bonds is 7. The number of nitrogens with zero attached hydrogens (tertiary/aromatic N) is 1. The molecule has 0 aliphatic carbocycles. The highest BCUT2D eigenvalue weighted by atomic mass is 19.1. The van der Waals surface area contributed by atoms with Crippen LogP contribution in [0.5, 0.6) is 11.5 Å². The minimum absolute atomic E-state index is 0.103. The smallest absolute Gasteiger partial charge is 0.306 e. The number of halogens is 1. The fourth-order valence-electron chi connectivity index (χ4n) is 3.71. The van der Waals surface area contributed by atoms with Crippen molar-refractivity contribution < 1.29 is 28.0 Å². The summed E-state index contributed by atoms with van der Waals surface area (Å²) in [5.74, 6) is -0.272. The van der Waals surface area contributed by atoms with Crippen molar-refractivity contribution in [3.8, 4) is 22.6 Å². The lowest BCUT2D eigenvalue weighted by Gasteiger charge is -2.10. The number of allylic oxidation sites excluding steroid dienone is 1. The Bertz CT molecular complexity index is 1460. The van der Waals surface area contributed by atoms with Crippen LogP contribution in [0.1, 0.15) is 12.5 Å². The topological polar surface area (TPSA) is 104 Å². The highest BCUT2D eigenvalue weighted by molar-refractivity contribution is 6.05. The van der Waals surface area contributed by atoms with Crippen LogP contribution in [-0.2, 0) is 4.79 Å². The Morgan fingerprint density at radius 2 is 1.83 bits per heavy atom. The van der Waals surface area contributed by atoms with Gasteiger partial charge < -0.3 is 19.2 Å². The van der Waals surface area contributed by atoms with Gasteiger partial charge in [-0.3, -0.25) is 14.9 Å². The molecule has 0 atom stereocenters. The van der Waals surface area contributed by atoms with Gasteiger partial charge in [-0.1, -0.05) is 12.1 Å². The van der Waals surface area contributed by atoms with Crippen LogP contribution in [0.15, 0.2) is 71.4 Å². The van der Waals surface area contributed by atoms with E-state index in [9.17, 15) is 19.3 Å². The molecule has 8 nitrogen and oxygen atoms in total. The maximum Gasteiger partial charge on any atom is 0.306 e. The monoisotopic (exact) mass is 476 g/mol. The standard InChI is InChI=1S/C26H21FN2O6/c1-15(10-26(30)28-17-6-9-22(27)23(11-17)29(31)32)19-12-20-21(14-35-25(20)13-24(19)34-3)16-4-7-18(33-2)8-5-16/h4-14H,1-3H3,(H,28,30)/b15-10+. The van der Waals surface area contributed by atoms with Crippen LogP contribution < -0.4 is 14.8 Å². The molecule has 0 aliphatic rings. The Hall–Kier alpha value is -4.66. The number of carbonyl (C=O) groups is 1. The molecule has 3 aromatic carbocycles. The molecule has 0 aliphatic heterocycles. The van der Waals surface area contributed by atoms with E-state index in [4.69, 9.17) is 13.9 Å². The third-order valence-corrected chi connectivity index (χ3v) is 5.48. The average molecular weight is 476 g/mol. The molecule has 4 aromatic rings. The number of ether oxygens (including phenoxy) is 2. The van der Waals surface area contributed by atoms with Gasteiger partial charge in [0, 0.05) is 40.4 Å². The van der Waals surface area contributed by atoms with Crippen molar-refractivity contribution >= 4 is 33.8 Å². The van der Waals surface area contributed by atoms with Crippen LogP contribution in [0.3, 0.4) is 0 Å². The first-order valence-corrected chi connectivity index (χ1v) is 10.5. The number of amides is 1. The summed E-state index contributed by atoms with van der Waals surface area (Å²) in [5, 5.41) is 14.3. The first-order chi connectivity index (χ1) is 16.8. The van der Waals surface area contributed by atoms with Crippen molar-refractivity contribution in [1.29, 1.82) is 0 Å². The lowest BCUT2D eigenvalue weighted by atomic mass is 9.99. The number of hydrogen-bond acceptors (Lipinski definition) is 6. The Kier molecular flexibility index (Phi) is 6.50. The van der Waals surface area contributed by atoms with Crippen molar-refractivity contribution in [3.63, 3.8) is 0 Å². The number of nitro benzene ring substituents is 1. The molecule has 1 aromatic heterocycles. The van der Waals surface area contributed by atoms with Crippen molar-refractivity contribution in [1.82, 2.24) is 0 Å². The minimum Gasteiger partial charge on any atom is -0.497 e. The Balaban J connectivity index is 1.67. The normalized spacial score (nSPS) is 11.4. The fourth-order valence-corrected chi connectivity index (χ4v) is 3.71. The quantitative estimate of drug-likeness (QED) is 0.193. The molecule has 1 N–H and O–H groups in total. The molecule has 0 spiro atoms. The minimum atomic E-state index is -0.981. The maximum absolute atomic E-state index is 13.6. The molecule has 0 fully saturated rings. The third-order valence-electron chi connectivity index (χ3n) is 5.48. The highest BCUT2D eigenvalue weighted by Gasteiger charge is 2.17. The number of furan rings is 1. The number of hydrogen-bond donors (Lipinski definition) is 1. The van der Waals surface area contributed by atoms with Crippen LogP contribution in [0.2, 0.25) is 0 Å². The van der Waals surface area contributed by atoms with Crippen LogP contribution in [-0.4, -0.2) is 25.1 Å². The Morgan fingerprint density at radius 3 is 2.49 bits per heavy atom. The number of fused-ring (bicyclic) bond motifs is 1. The van der Waals surface area contributed by atoms with Gasteiger partial charge in [0.25, 0.3) is 0 Å². The van der Waals surface area contributed by atoms with Crippen LogP contribution >= 0.6 is 0 Å². The molecule has 4 rings (SSSR count). The number of carbonyl (C=O) groups excluding carboxylic acids is 1. The van der Waals surface area contributed by atoms with Crippen molar-refractivity contribution in [2.24, 2.45) is 0 Å². The molecule has 178 valence electrons. The highest BCUT2D eigenvalue weighted by Crippen LogP contribution is 2.37. The average Bonchev–Trinajstić information content (AvgIpc) is 3.27. The van der Waals surface area contributed by atoms with E-state index in [0.29, 0.717) is 22.5 Å². The molecule has 35 heavy (non-hydrogen) atoms. The molecule has 9 heteroatoms. The lowest BCUT2D eigenvalue weighted by molar-refractivity contribution is -0.387. The fraction of sp³-hybridized carbons (Fsp3) is 0.115. The molecule has 0 saturated heterocycles. The van der Waals surface area contributed by atoms with Crippen LogP contribution in [0.4, 0.5) is 15.8 Å². The van der Waals surface area contributed by atoms with Gasteiger partial charge in [0.05, 0.1) is 25.4 Å². The zero-order valence-electron chi connectivity index (χ0n) is 19.1. The van der Waals surface area contributed by atoms with E-state index in [1.54, 1.807) is 26.4 Å². The molecule has 0 unspecified atom stereocenters.